The molecular formula is C10H25NO3Si3. The van der Waals surface area contributed by atoms with E-state index in [1.807, 2.05) is 6.55 Å². The van der Waals surface area contributed by atoms with E-state index in [1.165, 1.54) is 0 Å². The first-order chi connectivity index (χ1) is 7.47. The summed E-state index contributed by atoms with van der Waals surface area (Å²) in [6.07, 6.45) is 0.461. The van der Waals surface area contributed by atoms with Crippen molar-refractivity contribution in [3.63, 3.8) is 0 Å². The van der Waals surface area contributed by atoms with Crippen molar-refractivity contribution in [2.75, 3.05) is 0 Å². The van der Waals surface area contributed by atoms with E-state index in [4.69, 9.17) is 18.5 Å². The molecule has 100 valence electrons. The molecule has 17 heavy (non-hydrogen) atoms. The maximum atomic E-state index is 8.70. The highest BCUT2D eigenvalue weighted by atomic mass is 28.4. The number of rotatable bonds is 7. The molecule has 0 amide bonds. The van der Waals surface area contributed by atoms with Crippen LogP contribution in [0.25, 0.3) is 0 Å². The maximum Gasteiger partial charge on any atom is 0.361 e. The van der Waals surface area contributed by atoms with Gasteiger partial charge in [0.05, 0.1) is 6.07 Å². The van der Waals surface area contributed by atoms with Crippen LogP contribution in [-0.2, 0) is 13.3 Å². The third-order valence-corrected chi connectivity index (χ3v) is 8.20. The molecule has 0 bridgehead atoms. The minimum atomic E-state index is -2.36. The molecule has 0 saturated carbocycles. The monoisotopic (exact) mass is 291 g/mol. The first-order valence-electron chi connectivity index (χ1n) is 5.91. The van der Waals surface area contributed by atoms with Crippen molar-refractivity contribution >= 4 is 25.2 Å². The van der Waals surface area contributed by atoms with E-state index in [2.05, 4.69) is 45.4 Å². The Hall–Kier alpha value is 0.0206. The largest absolute Gasteiger partial charge is 0.435 e. The average molecular weight is 292 g/mol. The van der Waals surface area contributed by atoms with Crippen LogP contribution in [0.1, 0.15) is 6.42 Å². The number of nitriles is 1. The van der Waals surface area contributed by atoms with Crippen molar-refractivity contribution < 1.29 is 13.3 Å². The van der Waals surface area contributed by atoms with E-state index >= 15 is 0 Å². The summed E-state index contributed by atoms with van der Waals surface area (Å²) in [6.45, 7) is 14.6. The van der Waals surface area contributed by atoms with Gasteiger partial charge in [-0.3, -0.25) is 9.15 Å². The lowest BCUT2D eigenvalue weighted by Crippen LogP contribution is -2.49. The smallest absolute Gasteiger partial charge is 0.361 e. The summed E-state index contributed by atoms with van der Waals surface area (Å²) in [5.74, 6) is 0. The molecule has 0 aromatic rings. The van der Waals surface area contributed by atoms with Crippen LogP contribution in [-0.4, -0.2) is 25.2 Å². The maximum absolute atomic E-state index is 8.70. The number of hydrogen-bond donors (Lipinski definition) is 0. The molecule has 0 aliphatic heterocycles. The summed E-state index contributed by atoms with van der Waals surface area (Å²) in [6, 6.07) is 2.82. The van der Waals surface area contributed by atoms with Crippen LogP contribution in [0, 0.1) is 11.3 Å². The molecule has 7 heteroatoms. The summed E-state index contributed by atoms with van der Waals surface area (Å²) in [5, 5.41) is 8.70. The molecule has 1 unspecified atom stereocenters. The Morgan fingerprint density at radius 3 is 1.76 bits per heavy atom. The summed E-state index contributed by atoms with van der Waals surface area (Å²) in [4.78, 5) is 0. The van der Waals surface area contributed by atoms with Crippen molar-refractivity contribution in [3.8, 4) is 6.07 Å². The quantitative estimate of drug-likeness (QED) is 0.408. The van der Waals surface area contributed by atoms with Crippen molar-refractivity contribution in [1.82, 2.24) is 0 Å². The fourth-order valence-electron chi connectivity index (χ4n) is 1.25. The van der Waals surface area contributed by atoms with E-state index < -0.39 is 25.2 Å². The average Bonchev–Trinajstić information content (AvgIpc) is 2.08. The molecule has 0 radical (unpaired) electrons. The molecule has 4 nitrogen and oxygen atoms in total. The highest BCUT2D eigenvalue weighted by Gasteiger charge is 2.39. The third-order valence-electron chi connectivity index (χ3n) is 1.68. The second-order valence-electron chi connectivity index (χ2n) is 6.29. The topological polar surface area (TPSA) is 51.5 Å². The molecule has 0 spiro atoms. The lowest BCUT2D eigenvalue weighted by atomic mass is 10.6. The van der Waals surface area contributed by atoms with Gasteiger partial charge in [-0.05, 0) is 45.8 Å². The Balaban J connectivity index is 4.56. The standard InChI is InChI=1S/C10H25NO3Si3/c1-15(2,3)12-13-17(7,10-8-9-11)14-16(4,5)6/h8,10H2,1-7H3. The van der Waals surface area contributed by atoms with Gasteiger partial charge in [0.15, 0.2) is 8.32 Å². The molecule has 0 aliphatic rings. The Bertz CT molecular complexity index is 280. The molecule has 0 rings (SSSR count). The predicted molar refractivity (Wildman–Crippen MR) is 76.6 cm³/mol. The fraction of sp³-hybridized carbons (Fsp3) is 0.900. The van der Waals surface area contributed by atoms with E-state index in [-0.39, 0.29) is 0 Å². The minimum Gasteiger partial charge on any atom is -0.435 e. The van der Waals surface area contributed by atoms with Gasteiger partial charge in [0.1, 0.15) is 0 Å². The molecule has 1 atom stereocenters. The SMILES string of the molecule is C[Si](C)(C)OO[Si](C)(CCC#N)O[Si](C)(C)C. The van der Waals surface area contributed by atoms with E-state index in [1.54, 1.807) is 0 Å². The van der Waals surface area contributed by atoms with Gasteiger partial charge in [0.25, 0.3) is 0 Å². The highest BCUT2D eigenvalue weighted by Crippen LogP contribution is 2.23. The van der Waals surface area contributed by atoms with Crippen molar-refractivity contribution in [1.29, 1.82) is 5.26 Å². The summed E-state index contributed by atoms with van der Waals surface area (Å²) >= 11 is 0. The second kappa shape index (κ2) is 6.26. The van der Waals surface area contributed by atoms with Crippen LogP contribution >= 0.6 is 0 Å². The van der Waals surface area contributed by atoms with Gasteiger partial charge in [0, 0.05) is 12.5 Å². The van der Waals surface area contributed by atoms with Crippen molar-refractivity contribution in [2.45, 2.75) is 58.3 Å². The van der Waals surface area contributed by atoms with Gasteiger partial charge in [-0.25, -0.2) is 0 Å². The predicted octanol–water partition coefficient (Wildman–Crippen LogP) is 3.61. The molecule has 0 aromatic heterocycles. The molecule has 0 N–H and O–H groups in total. The number of nitrogens with zero attached hydrogens (tertiary/aromatic N) is 1. The molecule has 0 aromatic carbocycles. The summed E-state index contributed by atoms with van der Waals surface area (Å²) in [5.41, 5.74) is 0. The molecule has 0 heterocycles. The fourth-order valence-corrected chi connectivity index (χ4v) is 9.33. The van der Waals surface area contributed by atoms with Gasteiger partial charge in [-0.2, -0.15) is 5.26 Å². The van der Waals surface area contributed by atoms with Crippen molar-refractivity contribution in [3.05, 3.63) is 0 Å². The zero-order valence-electron chi connectivity index (χ0n) is 12.1. The zero-order chi connectivity index (χ0) is 13.7. The first-order valence-corrected chi connectivity index (χ1v) is 15.3. The summed E-state index contributed by atoms with van der Waals surface area (Å²) in [7, 11) is -5.76. The van der Waals surface area contributed by atoms with Crippen LogP contribution in [0.3, 0.4) is 0 Å². The lowest BCUT2D eigenvalue weighted by molar-refractivity contribution is -0.139. The molecule has 0 fully saturated rings. The van der Waals surface area contributed by atoms with Gasteiger partial charge in [-0.15, -0.1) is 0 Å². The molecular weight excluding hydrogens is 266 g/mol. The normalized spacial score (nSPS) is 16.4. The Labute approximate surface area is 108 Å². The Morgan fingerprint density at radius 2 is 1.41 bits per heavy atom. The minimum absolute atomic E-state index is 0.461. The zero-order valence-corrected chi connectivity index (χ0v) is 15.1. The first kappa shape index (κ1) is 17.0. The van der Waals surface area contributed by atoms with Gasteiger partial charge >= 0.3 is 8.56 Å². The van der Waals surface area contributed by atoms with Crippen LogP contribution in [0.2, 0.25) is 51.9 Å². The van der Waals surface area contributed by atoms with Crippen LogP contribution in [0.15, 0.2) is 0 Å². The number of hydrogen-bond acceptors (Lipinski definition) is 4. The van der Waals surface area contributed by atoms with E-state index in [9.17, 15) is 0 Å². The van der Waals surface area contributed by atoms with Crippen LogP contribution in [0.4, 0.5) is 0 Å². The van der Waals surface area contributed by atoms with Crippen LogP contribution < -0.4 is 0 Å². The van der Waals surface area contributed by atoms with E-state index in [0.29, 0.717) is 12.5 Å². The molecule has 0 aliphatic carbocycles. The second-order valence-corrected chi connectivity index (χ2v) is 18.7. The van der Waals surface area contributed by atoms with Gasteiger partial charge in [-0.1, -0.05) is 0 Å². The lowest BCUT2D eigenvalue weighted by Gasteiger charge is -2.34. The third kappa shape index (κ3) is 9.70. The summed E-state index contributed by atoms with van der Waals surface area (Å²) < 4.78 is 17.3. The van der Waals surface area contributed by atoms with Gasteiger partial charge in [0.2, 0.25) is 8.32 Å². The van der Waals surface area contributed by atoms with Crippen molar-refractivity contribution in [2.24, 2.45) is 0 Å². The Morgan fingerprint density at radius 1 is 0.882 bits per heavy atom. The molecule has 0 saturated heterocycles. The van der Waals surface area contributed by atoms with E-state index in [0.717, 1.165) is 0 Å². The van der Waals surface area contributed by atoms with Gasteiger partial charge < -0.3 is 4.12 Å². The van der Waals surface area contributed by atoms with Crippen LogP contribution in [0.5, 0.6) is 0 Å². The highest BCUT2D eigenvalue weighted by molar-refractivity contribution is 6.82. The Kier molecular flexibility index (Phi) is 6.27.